The molecule has 0 fully saturated rings. The van der Waals surface area contributed by atoms with Gasteiger partial charge in [0.2, 0.25) is 5.43 Å². The quantitative estimate of drug-likeness (QED) is 0.500. The van der Waals surface area contributed by atoms with Crippen LogP contribution in [0.1, 0.15) is 10.5 Å². The molecule has 8 nitrogen and oxygen atoms in total. The van der Waals surface area contributed by atoms with Gasteiger partial charge in [0.1, 0.15) is 0 Å². The molecule has 0 spiro atoms. The molecule has 0 aliphatic heterocycles. The molecule has 2 aromatic carbocycles. The van der Waals surface area contributed by atoms with Crippen molar-refractivity contribution in [1.29, 1.82) is 0 Å². The van der Waals surface area contributed by atoms with Gasteiger partial charge < -0.3 is 0 Å². The van der Waals surface area contributed by atoms with Crippen LogP contribution in [0, 0.1) is 0 Å². The van der Waals surface area contributed by atoms with Gasteiger partial charge in [-0.1, -0.05) is 29.0 Å². The van der Waals surface area contributed by atoms with Crippen LogP contribution >= 0.6 is 22.9 Å². The standard InChI is InChI=1S/C19H13ClN4O4S2/c1-30(27,28)13-5-6-14-16(10-13)29-19(21-14)22-18(26)17-15(25)7-8-24(23-17)12-4-2-3-11(20)9-12/h2-10H,1H3,(H,21,22,26). The highest BCUT2D eigenvalue weighted by atomic mass is 35.5. The number of benzene rings is 2. The normalized spacial score (nSPS) is 11.5. The predicted octanol–water partition coefficient (Wildman–Crippen LogP) is 3.15. The molecule has 0 aliphatic rings. The molecule has 0 atom stereocenters. The minimum absolute atomic E-state index is 0.158. The summed E-state index contributed by atoms with van der Waals surface area (Å²) in [6.07, 6.45) is 2.55. The lowest BCUT2D eigenvalue weighted by Gasteiger charge is -2.07. The van der Waals surface area contributed by atoms with Crippen LogP contribution in [0.4, 0.5) is 5.13 Å². The van der Waals surface area contributed by atoms with Gasteiger partial charge in [0.25, 0.3) is 5.91 Å². The van der Waals surface area contributed by atoms with Crippen LogP contribution in [-0.4, -0.2) is 35.3 Å². The van der Waals surface area contributed by atoms with Crippen molar-refractivity contribution in [2.45, 2.75) is 4.90 Å². The number of halogens is 1. The van der Waals surface area contributed by atoms with Crippen LogP contribution in [0.15, 0.2) is 64.4 Å². The highest BCUT2D eigenvalue weighted by molar-refractivity contribution is 7.90. The zero-order chi connectivity index (χ0) is 21.5. The molecule has 0 aliphatic carbocycles. The second-order valence-electron chi connectivity index (χ2n) is 6.33. The summed E-state index contributed by atoms with van der Waals surface area (Å²) in [5, 5.41) is 7.38. The molecule has 0 radical (unpaired) electrons. The summed E-state index contributed by atoms with van der Waals surface area (Å²) in [4.78, 5) is 29.2. The van der Waals surface area contributed by atoms with Crippen LogP contribution in [0.5, 0.6) is 0 Å². The van der Waals surface area contributed by atoms with Gasteiger partial charge in [-0.15, -0.1) is 0 Å². The number of rotatable bonds is 4. The number of anilines is 1. The smallest absolute Gasteiger partial charge is 0.281 e. The third-order valence-electron chi connectivity index (χ3n) is 4.10. The van der Waals surface area contributed by atoms with E-state index in [1.807, 2.05) is 0 Å². The Bertz CT molecular complexity index is 1460. The highest BCUT2D eigenvalue weighted by Crippen LogP contribution is 2.28. The number of amides is 1. The van der Waals surface area contributed by atoms with Gasteiger partial charge in [0.15, 0.2) is 20.7 Å². The minimum atomic E-state index is -3.36. The number of nitrogens with zero attached hydrogens (tertiary/aromatic N) is 3. The molecule has 2 heterocycles. The number of sulfone groups is 1. The number of carbonyl (C=O) groups excluding carboxylic acids is 1. The summed E-state index contributed by atoms with van der Waals surface area (Å²) in [6.45, 7) is 0. The molecule has 1 amide bonds. The molecule has 0 saturated heterocycles. The summed E-state index contributed by atoms with van der Waals surface area (Å²) in [7, 11) is -3.36. The number of nitrogens with one attached hydrogen (secondary N) is 1. The molecule has 2 aromatic heterocycles. The van der Waals surface area contributed by atoms with Gasteiger partial charge in [-0.25, -0.2) is 18.1 Å². The summed E-state index contributed by atoms with van der Waals surface area (Å²) in [5.74, 6) is -0.723. The molecule has 152 valence electrons. The Kier molecular flexibility index (Phi) is 5.14. The van der Waals surface area contributed by atoms with E-state index >= 15 is 0 Å². The first-order chi connectivity index (χ1) is 14.2. The van der Waals surface area contributed by atoms with E-state index < -0.39 is 21.2 Å². The zero-order valence-corrected chi connectivity index (χ0v) is 17.8. The van der Waals surface area contributed by atoms with Gasteiger partial charge in [0, 0.05) is 23.5 Å². The van der Waals surface area contributed by atoms with E-state index in [0.29, 0.717) is 20.9 Å². The maximum absolute atomic E-state index is 12.6. The predicted molar refractivity (Wildman–Crippen MR) is 116 cm³/mol. The van der Waals surface area contributed by atoms with Gasteiger partial charge in [-0.05, 0) is 36.4 Å². The fourth-order valence-electron chi connectivity index (χ4n) is 2.67. The first kappa shape index (κ1) is 20.2. The van der Waals surface area contributed by atoms with E-state index in [1.165, 1.54) is 29.1 Å². The van der Waals surface area contributed by atoms with Crippen LogP contribution in [0.3, 0.4) is 0 Å². The molecule has 11 heteroatoms. The fraction of sp³-hybridized carbons (Fsp3) is 0.0526. The average Bonchev–Trinajstić information content (AvgIpc) is 3.09. The number of fused-ring (bicyclic) bond motifs is 1. The van der Waals surface area contributed by atoms with Crippen molar-refractivity contribution < 1.29 is 13.2 Å². The van der Waals surface area contributed by atoms with Crippen LogP contribution in [-0.2, 0) is 9.84 Å². The lowest BCUT2D eigenvalue weighted by molar-refractivity contribution is 0.101. The van der Waals surface area contributed by atoms with Crippen LogP contribution < -0.4 is 10.7 Å². The Morgan fingerprint density at radius 2 is 1.97 bits per heavy atom. The first-order valence-corrected chi connectivity index (χ1v) is 11.6. The summed E-state index contributed by atoms with van der Waals surface area (Å²) in [6, 6.07) is 12.5. The molecular weight excluding hydrogens is 448 g/mol. The van der Waals surface area contributed by atoms with E-state index in [0.717, 1.165) is 17.6 Å². The third kappa shape index (κ3) is 4.11. The van der Waals surface area contributed by atoms with Gasteiger partial charge in [-0.2, -0.15) is 5.10 Å². The molecule has 30 heavy (non-hydrogen) atoms. The number of aromatic nitrogens is 3. The molecular formula is C19H13ClN4O4S2. The third-order valence-corrected chi connectivity index (χ3v) is 6.38. The van der Waals surface area contributed by atoms with Crippen LogP contribution in [0.2, 0.25) is 5.02 Å². The van der Waals surface area contributed by atoms with Gasteiger partial charge in [-0.3, -0.25) is 14.9 Å². The lowest BCUT2D eigenvalue weighted by atomic mass is 10.3. The Morgan fingerprint density at radius 3 is 2.70 bits per heavy atom. The zero-order valence-electron chi connectivity index (χ0n) is 15.4. The van der Waals surface area contributed by atoms with Crippen molar-refractivity contribution in [3.05, 3.63) is 75.7 Å². The second-order valence-corrected chi connectivity index (χ2v) is 9.81. The molecule has 0 bridgehead atoms. The molecule has 4 aromatic rings. The maximum Gasteiger partial charge on any atom is 0.281 e. The lowest BCUT2D eigenvalue weighted by Crippen LogP contribution is -2.25. The topological polar surface area (TPSA) is 111 Å². The Labute approximate surface area is 179 Å². The van der Waals surface area contributed by atoms with E-state index in [4.69, 9.17) is 11.6 Å². The SMILES string of the molecule is CS(=O)(=O)c1ccc2nc(NC(=O)c3nn(-c4cccc(Cl)c4)ccc3=O)sc2c1. The van der Waals surface area contributed by atoms with E-state index in [1.54, 1.807) is 30.3 Å². The average molecular weight is 461 g/mol. The number of thiazole rings is 1. The minimum Gasteiger partial charge on any atom is -0.296 e. The summed E-state index contributed by atoms with van der Waals surface area (Å²) < 4.78 is 25.4. The molecule has 0 saturated carbocycles. The van der Waals surface area contributed by atoms with E-state index in [9.17, 15) is 18.0 Å². The molecule has 0 unspecified atom stereocenters. The van der Waals surface area contributed by atoms with Crippen molar-refractivity contribution >= 4 is 54.0 Å². The van der Waals surface area contributed by atoms with Crippen molar-refractivity contribution in [3.63, 3.8) is 0 Å². The Hall–Kier alpha value is -3.08. The summed E-state index contributed by atoms with van der Waals surface area (Å²) in [5.41, 5.74) is 0.254. The van der Waals surface area contributed by atoms with Crippen molar-refractivity contribution in [2.75, 3.05) is 11.6 Å². The maximum atomic E-state index is 12.6. The number of hydrogen-bond acceptors (Lipinski definition) is 7. The van der Waals surface area contributed by atoms with Gasteiger partial charge in [0.05, 0.1) is 20.8 Å². The second kappa shape index (κ2) is 7.63. The Balaban J connectivity index is 1.65. The van der Waals surface area contributed by atoms with Crippen LogP contribution in [0.25, 0.3) is 15.9 Å². The monoisotopic (exact) mass is 460 g/mol. The van der Waals surface area contributed by atoms with E-state index in [2.05, 4.69) is 15.4 Å². The fourth-order valence-corrected chi connectivity index (χ4v) is 4.48. The summed E-state index contributed by atoms with van der Waals surface area (Å²) >= 11 is 7.08. The molecule has 4 rings (SSSR count). The van der Waals surface area contributed by atoms with Crippen molar-refractivity contribution in [1.82, 2.24) is 14.8 Å². The largest absolute Gasteiger partial charge is 0.296 e. The van der Waals surface area contributed by atoms with Gasteiger partial charge >= 0.3 is 0 Å². The van der Waals surface area contributed by atoms with E-state index in [-0.39, 0.29) is 15.7 Å². The molecule has 1 N–H and O–H groups in total. The van der Waals surface area contributed by atoms with Crippen molar-refractivity contribution in [2.24, 2.45) is 0 Å². The van der Waals surface area contributed by atoms with Crippen molar-refractivity contribution in [3.8, 4) is 5.69 Å². The Morgan fingerprint density at radius 1 is 1.17 bits per heavy atom. The highest BCUT2D eigenvalue weighted by Gasteiger charge is 2.17. The first-order valence-electron chi connectivity index (χ1n) is 8.49. The number of carbonyl (C=O) groups is 1. The number of hydrogen-bond donors (Lipinski definition) is 1.